The molecule has 1 unspecified atom stereocenters. The van der Waals surface area contributed by atoms with Crippen LogP contribution in [0.5, 0.6) is 0 Å². The molecule has 120 valence electrons. The Labute approximate surface area is 164 Å². The van der Waals surface area contributed by atoms with Gasteiger partial charge in [0, 0.05) is 0 Å². The summed E-state index contributed by atoms with van der Waals surface area (Å²) < 4.78 is 3.37. The van der Waals surface area contributed by atoms with Gasteiger partial charge in [-0.3, -0.25) is 0 Å². The molecule has 0 spiro atoms. The van der Waals surface area contributed by atoms with Crippen LogP contribution in [0, 0.1) is 5.92 Å². The summed E-state index contributed by atoms with van der Waals surface area (Å²) in [5.41, 5.74) is 7.47. The van der Waals surface area contributed by atoms with Crippen molar-refractivity contribution < 1.29 is 23.2 Å². The minimum atomic E-state index is -0.758. The summed E-state index contributed by atoms with van der Waals surface area (Å²) in [6.07, 6.45) is 6.07. The van der Waals surface area contributed by atoms with E-state index < -0.39 is 23.2 Å². The molecule has 0 aliphatic heterocycles. The van der Waals surface area contributed by atoms with Gasteiger partial charge in [0.2, 0.25) is 0 Å². The number of rotatable bonds is 3. The van der Waals surface area contributed by atoms with Gasteiger partial charge in [-0.25, -0.2) is 0 Å². The van der Waals surface area contributed by atoms with E-state index in [9.17, 15) is 0 Å². The molecule has 0 saturated carbocycles. The van der Waals surface area contributed by atoms with E-state index in [0.717, 1.165) is 6.42 Å². The predicted molar refractivity (Wildman–Crippen MR) is 104 cm³/mol. The molecule has 0 N–H and O–H groups in total. The molecule has 1 atom stereocenters. The van der Waals surface area contributed by atoms with E-state index in [1.54, 1.807) is 12.1 Å². The van der Waals surface area contributed by atoms with Crippen molar-refractivity contribution in [1.82, 2.24) is 0 Å². The Balaban J connectivity index is 1.48. The molecule has 1 heterocycles. The first-order valence-corrected chi connectivity index (χ1v) is 12.1. The molecule has 2 heteroatoms. The summed E-state index contributed by atoms with van der Waals surface area (Å²) in [5, 5.41) is 2.17. The van der Waals surface area contributed by atoms with Gasteiger partial charge in [0.15, 0.2) is 0 Å². The summed E-state index contributed by atoms with van der Waals surface area (Å²) in [5.74, 6) is 0.600. The van der Waals surface area contributed by atoms with Crippen LogP contribution in [0.2, 0.25) is 0 Å². The average molecular weight is 418 g/mol. The van der Waals surface area contributed by atoms with Crippen LogP contribution >= 0.6 is 11.3 Å². The molecule has 0 radical (unpaired) electrons. The van der Waals surface area contributed by atoms with Crippen LogP contribution in [0.15, 0.2) is 75.4 Å². The van der Waals surface area contributed by atoms with Gasteiger partial charge in [-0.1, -0.05) is 0 Å². The van der Waals surface area contributed by atoms with E-state index in [2.05, 4.69) is 79.1 Å². The molecule has 0 nitrogen and oxygen atoms in total. The Hall–Kier alpha value is -1.50. The van der Waals surface area contributed by atoms with E-state index >= 15 is 0 Å². The van der Waals surface area contributed by atoms with Crippen LogP contribution in [0.25, 0.3) is 16.7 Å². The van der Waals surface area contributed by atoms with Crippen molar-refractivity contribution in [1.29, 1.82) is 0 Å². The molecule has 25 heavy (non-hydrogen) atoms. The second-order valence-corrected chi connectivity index (χ2v) is 11.1. The molecule has 5 rings (SSSR count). The van der Waals surface area contributed by atoms with Gasteiger partial charge in [0.1, 0.15) is 0 Å². The van der Waals surface area contributed by atoms with E-state index in [0.29, 0.717) is 5.92 Å². The predicted octanol–water partition coefficient (Wildman–Crippen LogP) is 5.64. The Morgan fingerprint density at radius 2 is 1.84 bits per heavy atom. The summed E-state index contributed by atoms with van der Waals surface area (Å²) in [6.45, 7) is 2.37. The van der Waals surface area contributed by atoms with Crippen LogP contribution in [0.1, 0.15) is 22.9 Å². The molecule has 2 aromatic carbocycles. The second kappa shape index (κ2) is 6.34. The number of thiophene rings is 1. The molecular weight excluding hydrogens is 400 g/mol. The zero-order chi connectivity index (χ0) is 16.8. The Morgan fingerprint density at radius 1 is 0.960 bits per heavy atom. The third-order valence-electron chi connectivity index (χ3n) is 5.17. The van der Waals surface area contributed by atoms with Crippen molar-refractivity contribution in [3.05, 3.63) is 91.4 Å². The van der Waals surface area contributed by atoms with Crippen molar-refractivity contribution >= 4 is 20.2 Å². The monoisotopic (exact) mass is 416 g/mol. The third kappa shape index (κ3) is 2.76. The third-order valence-corrected chi connectivity index (χ3v) is 10.1. The van der Waals surface area contributed by atoms with Gasteiger partial charge in [-0.15, -0.1) is 0 Å². The quantitative estimate of drug-likeness (QED) is 0.404. The number of hydrogen-bond acceptors (Lipinski definition) is 1. The fraction of sp³-hybridized carbons (Fsp3) is 0.130. The number of benzene rings is 2. The van der Waals surface area contributed by atoms with Crippen LogP contribution in [0.3, 0.4) is 0 Å². The van der Waals surface area contributed by atoms with Crippen LogP contribution in [-0.2, 0) is 29.7 Å². The molecule has 0 fully saturated rings. The second-order valence-electron chi connectivity index (χ2n) is 6.78. The van der Waals surface area contributed by atoms with E-state index in [1.807, 2.05) is 11.3 Å². The zero-order valence-corrected chi connectivity index (χ0v) is 17.4. The van der Waals surface area contributed by atoms with Crippen LogP contribution < -0.4 is 3.27 Å². The Morgan fingerprint density at radius 3 is 2.72 bits per heavy atom. The van der Waals surface area contributed by atoms with Gasteiger partial charge in [0.25, 0.3) is 0 Å². The normalized spacial score (nSPS) is 17.7. The topological polar surface area (TPSA) is 0 Å². The molecule has 0 saturated heterocycles. The maximum atomic E-state index is 2.49. The molecule has 0 bridgehead atoms. The van der Waals surface area contributed by atoms with Crippen molar-refractivity contribution in [2.45, 2.75) is 13.3 Å². The first-order chi connectivity index (χ1) is 12.3. The van der Waals surface area contributed by atoms with Gasteiger partial charge in [-0.05, 0) is 0 Å². The van der Waals surface area contributed by atoms with Crippen molar-refractivity contribution in [2.24, 2.45) is 5.92 Å². The number of hydrogen-bond donors (Lipinski definition) is 0. The van der Waals surface area contributed by atoms with Crippen molar-refractivity contribution in [2.75, 3.05) is 0 Å². The molecule has 2 aliphatic carbocycles. The molecule has 1 aromatic heterocycles. The Bertz CT molecular complexity index is 1010. The van der Waals surface area contributed by atoms with E-state index in [4.69, 9.17) is 0 Å². The van der Waals surface area contributed by atoms with Gasteiger partial charge in [-0.2, -0.15) is 0 Å². The first-order valence-electron chi connectivity index (χ1n) is 8.74. The average Bonchev–Trinajstić information content (AvgIpc) is 3.34. The fourth-order valence-corrected chi connectivity index (χ4v) is 8.06. The van der Waals surface area contributed by atoms with E-state index in [1.165, 1.54) is 27.1 Å². The van der Waals surface area contributed by atoms with E-state index in [-0.39, 0.29) is 0 Å². The zero-order valence-electron chi connectivity index (χ0n) is 14.1. The number of fused-ring (bicyclic) bond motifs is 3. The van der Waals surface area contributed by atoms with Crippen molar-refractivity contribution in [3.8, 4) is 11.1 Å². The molecular formula is C23H18SZr. The summed E-state index contributed by atoms with van der Waals surface area (Å²) in [4.78, 5) is 1.41. The van der Waals surface area contributed by atoms with Gasteiger partial charge < -0.3 is 0 Å². The summed E-state index contributed by atoms with van der Waals surface area (Å²) >= 11 is 1.09. The summed E-state index contributed by atoms with van der Waals surface area (Å²) in [6, 6.07) is 20.3. The van der Waals surface area contributed by atoms with Gasteiger partial charge >= 0.3 is 165 Å². The molecule has 3 aromatic rings. The minimum absolute atomic E-state index is 0.600. The first kappa shape index (κ1) is 15.7. The number of allylic oxidation sites excluding steroid dienone is 4. The Kier molecular flexibility index (Phi) is 3.99. The SMILES string of the molecule is CC1C=C(c2cccs2)C=[C]1[Zr][c]1cccc2c1Cc1ccccc1-2. The maximum absolute atomic E-state index is 2.49. The van der Waals surface area contributed by atoms with Crippen LogP contribution in [0.4, 0.5) is 0 Å². The summed E-state index contributed by atoms with van der Waals surface area (Å²) in [7, 11) is 0. The molecule has 2 aliphatic rings. The fourth-order valence-electron chi connectivity index (χ4n) is 3.88. The molecule has 0 amide bonds. The van der Waals surface area contributed by atoms with Gasteiger partial charge in [0.05, 0.1) is 0 Å². The standard InChI is InChI=1S/C13H9.C10H9S.Zr/c1-3-7-12-10(5-1)9-11-6-2-4-8-13(11)12;1-8-4-5-9(7-8)10-3-2-6-11-10;/h1-5,7-8H,9H2;2-3,5-8H,1H3;. The van der Waals surface area contributed by atoms with Crippen LogP contribution in [-0.4, -0.2) is 0 Å². The van der Waals surface area contributed by atoms with Crippen molar-refractivity contribution in [3.63, 3.8) is 0 Å².